The first-order valence-corrected chi connectivity index (χ1v) is 7.77. The number of hydrogen-bond acceptors (Lipinski definition) is 5. The van der Waals surface area contributed by atoms with Crippen LogP contribution in [0.4, 0.5) is 0 Å². The molecule has 3 heterocycles. The van der Waals surface area contributed by atoms with E-state index in [1.807, 2.05) is 12.3 Å². The van der Waals surface area contributed by atoms with Crippen molar-refractivity contribution < 1.29 is 4.74 Å². The Morgan fingerprint density at radius 2 is 2.04 bits per heavy atom. The Hall–Kier alpha value is -2.53. The monoisotopic (exact) mass is 306 g/mol. The second kappa shape index (κ2) is 5.93. The molecule has 0 aliphatic carbocycles. The normalized spacial score (nSPS) is 14.7. The second-order valence-corrected chi connectivity index (χ2v) is 5.76. The summed E-state index contributed by atoms with van der Waals surface area (Å²) in [5.74, 6) is 0.691. The van der Waals surface area contributed by atoms with E-state index in [2.05, 4.69) is 44.1 Å². The largest absolute Gasteiger partial charge is 0.481 e. The molecule has 0 saturated carbocycles. The number of ether oxygens (including phenoxy) is 1. The average Bonchev–Trinajstić information content (AvgIpc) is 2.61. The van der Waals surface area contributed by atoms with E-state index in [0.717, 1.165) is 42.8 Å². The number of nitrogens with zero attached hydrogens (tertiary/aromatic N) is 4. The summed E-state index contributed by atoms with van der Waals surface area (Å²) in [4.78, 5) is 15.6. The van der Waals surface area contributed by atoms with Crippen LogP contribution in [0.1, 0.15) is 16.8 Å². The third-order valence-electron chi connectivity index (χ3n) is 4.35. The molecule has 1 aliphatic rings. The Morgan fingerprint density at radius 3 is 2.96 bits per heavy atom. The Bertz CT molecular complexity index is 830. The molecule has 1 aromatic carbocycles. The summed E-state index contributed by atoms with van der Waals surface area (Å²) in [6.45, 7) is 2.66. The number of rotatable bonds is 3. The fourth-order valence-electron chi connectivity index (χ4n) is 3.22. The summed E-state index contributed by atoms with van der Waals surface area (Å²) >= 11 is 0. The molecule has 4 rings (SSSR count). The highest BCUT2D eigenvalue weighted by atomic mass is 16.5. The van der Waals surface area contributed by atoms with Crippen LogP contribution in [0.15, 0.2) is 42.9 Å². The van der Waals surface area contributed by atoms with E-state index in [1.54, 1.807) is 13.4 Å². The standard InChI is InChI=1S/C18H18N4O/c1-23-18-15-11-22(9-7-16(15)20-12-21-18)10-14-5-2-4-13-6-3-8-19-17(13)14/h2-6,8,12H,7,9-11H2,1H3. The van der Waals surface area contributed by atoms with E-state index < -0.39 is 0 Å². The number of fused-ring (bicyclic) bond motifs is 2. The van der Waals surface area contributed by atoms with Crippen molar-refractivity contribution in [3.05, 3.63) is 59.7 Å². The summed E-state index contributed by atoms with van der Waals surface area (Å²) in [6, 6.07) is 10.4. The van der Waals surface area contributed by atoms with Crippen molar-refractivity contribution in [3.8, 4) is 5.88 Å². The summed E-state index contributed by atoms with van der Waals surface area (Å²) in [5, 5.41) is 1.18. The quantitative estimate of drug-likeness (QED) is 0.744. The average molecular weight is 306 g/mol. The van der Waals surface area contributed by atoms with Crippen LogP contribution in [0.2, 0.25) is 0 Å². The molecule has 0 spiro atoms. The van der Waals surface area contributed by atoms with E-state index in [1.165, 1.54) is 10.9 Å². The van der Waals surface area contributed by atoms with Crippen molar-refractivity contribution in [2.75, 3.05) is 13.7 Å². The van der Waals surface area contributed by atoms with Gasteiger partial charge in [0.2, 0.25) is 5.88 Å². The molecule has 116 valence electrons. The SMILES string of the molecule is COc1ncnc2c1CN(Cc1cccc3cccnc13)CC2. The van der Waals surface area contributed by atoms with Gasteiger partial charge in [0.25, 0.3) is 0 Å². The molecule has 5 nitrogen and oxygen atoms in total. The number of aromatic nitrogens is 3. The molecule has 0 saturated heterocycles. The second-order valence-electron chi connectivity index (χ2n) is 5.76. The maximum Gasteiger partial charge on any atom is 0.220 e. The first kappa shape index (κ1) is 14.1. The summed E-state index contributed by atoms with van der Waals surface area (Å²) in [6.07, 6.45) is 4.36. The number of pyridine rings is 1. The highest BCUT2D eigenvalue weighted by molar-refractivity contribution is 5.81. The first-order valence-electron chi connectivity index (χ1n) is 7.77. The molecule has 3 aromatic rings. The topological polar surface area (TPSA) is 51.1 Å². The highest BCUT2D eigenvalue weighted by Gasteiger charge is 2.22. The van der Waals surface area contributed by atoms with Crippen molar-refractivity contribution in [3.63, 3.8) is 0 Å². The van der Waals surface area contributed by atoms with E-state index in [0.29, 0.717) is 5.88 Å². The molecular weight excluding hydrogens is 288 g/mol. The van der Waals surface area contributed by atoms with Crippen LogP contribution in [0.3, 0.4) is 0 Å². The van der Waals surface area contributed by atoms with Gasteiger partial charge in [-0.3, -0.25) is 9.88 Å². The molecule has 2 aromatic heterocycles. The number of methoxy groups -OCH3 is 1. The van der Waals surface area contributed by atoms with Crippen LogP contribution >= 0.6 is 0 Å². The van der Waals surface area contributed by atoms with Crippen LogP contribution in [-0.4, -0.2) is 33.5 Å². The van der Waals surface area contributed by atoms with E-state index in [-0.39, 0.29) is 0 Å². The summed E-state index contributed by atoms with van der Waals surface area (Å²) in [5.41, 5.74) is 4.54. The minimum atomic E-state index is 0.691. The maximum absolute atomic E-state index is 5.39. The zero-order valence-electron chi connectivity index (χ0n) is 13.1. The number of para-hydroxylation sites is 1. The van der Waals surface area contributed by atoms with E-state index in [9.17, 15) is 0 Å². The van der Waals surface area contributed by atoms with Crippen molar-refractivity contribution >= 4 is 10.9 Å². The molecular formula is C18H18N4O. The van der Waals surface area contributed by atoms with Gasteiger partial charge in [-0.05, 0) is 11.6 Å². The smallest absolute Gasteiger partial charge is 0.220 e. The lowest BCUT2D eigenvalue weighted by molar-refractivity contribution is 0.236. The molecule has 0 radical (unpaired) electrons. The van der Waals surface area contributed by atoms with Gasteiger partial charge in [0, 0.05) is 43.2 Å². The number of hydrogen-bond donors (Lipinski definition) is 0. The van der Waals surface area contributed by atoms with Gasteiger partial charge in [0.15, 0.2) is 0 Å². The van der Waals surface area contributed by atoms with E-state index in [4.69, 9.17) is 4.74 Å². The van der Waals surface area contributed by atoms with Gasteiger partial charge in [-0.2, -0.15) is 0 Å². The van der Waals surface area contributed by atoms with Crippen molar-refractivity contribution in [1.82, 2.24) is 19.9 Å². The van der Waals surface area contributed by atoms with Gasteiger partial charge in [0.1, 0.15) is 6.33 Å². The van der Waals surface area contributed by atoms with Gasteiger partial charge in [-0.1, -0.05) is 24.3 Å². The molecule has 0 bridgehead atoms. The van der Waals surface area contributed by atoms with Crippen molar-refractivity contribution in [2.45, 2.75) is 19.5 Å². The third kappa shape index (κ3) is 2.64. The van der Waals surface area contributed by atoms with Crippen LogP contribution in [-0.2, 0) is 19.5 Å². The minimum Gasteiger partial charge on any atom is -0.481 e. The lowest BCUT2D eigenvalue weighted by Crippen LogP contribution is -2.31. The Kier molecular flexibility index (Phi) is 3.63. The fourth-order valence-corrected chi connectivity index (χ4v) is 3.22. The summed E-state index contributed by atoms with van der Waals surface area (Å²) < 4.78 is 5.39. The number of benzene rings is 1. The van der Waals surface area contributed by atoms with Gasteiger partial charge < -0.3 is 4.74 Å². The minimum absolute atomic E-state index is 0.691. The molecule has 0 fully saturated rings. The van der Waals surface area contributed by atoms with Gasteiger partial charge >= 0.3 is 0 Å². The Morgan fingerprint density at radius 1 is 1.13 bits per heavy atom. The molecule has 1 aliphatic heterocycles. The lowest BCUT2D eigenvalue weighted by atomic mass is 10.0. The molecule has 23 heavy (non-hydrogen) atoms. The van der Waals surface area contributed by atoms with Gasteiger partial charge in [0.05, 0.1) is 18.3 Å². The van der Waals surface area contributed by atoms with Gasteiger partial charge in [-0.25, -0.2) is 9.97 Å². The molecule has 0 atom stereocenters. The lowest BCUT2D eigenvalue weighted by Gasteiger charge is -2.28. The molecule has 0 unspecified atom stereocenters. The van der Waals surface area contributed by atoms with Gasteiger partial charge in [-0.15, -0.1) is 0 Å². The summed E-state index contributed by atoms with van der Waals surface area (Å²) in [7, 11) is 1.66. The van der Waals surface area contributed by atoms with E-state index >= 15 is 0 Å². The van der Waals surface area contributed by atoms with Crippen molar-refractivity contribution in [1.29, 1.82) is 0 Å². The van der Waals surface area contributed by atoms with Crippen molar-refractivity contribution in [2.24, 2.45) is 0 Å². The van der Waals surface area contributed by atoms with Crippen LogP contribution in [0.5, 0.6) is 5.88 Å². The maximum atomic E-state index is 5.39. The predicted molar refractivity (Wildman–Crippen MR) is 88.1 cm³/mol. The molecule has 0 N–H and O–H groups in total. The molecule has 5 heteroatoms. The first-order chi connectivity index (χ1) is 11.3. The van der Waals surface area contributed by atoms with Crippen LogP contribution < -0.4 is 4.74 Å². The Labute approximate surface area is 135 Å². The van der Waals surface area contributed by atoms with Crippen LogP contribution in [0.25, 0.3) is 10.9 Å². The predicted octanol–water partition coefficient (Wildman–Crippen LogP) is 2.59. The third-order valence-corrected chi connectivity index (χ3v) is 4.35. The fraction of sp³-hybridized carbons (Fsp3) is 0.278. The zero-order chi connectivity index (χ0) is 15.6. The molecule has 0 amide bonds. The Balaban J connectivity index is 1.63. The van der Waals surface area contributed by atoms with Crippen LogP contribution in [0, 0.1) is 0 Å². The zero-order valence-corrected chi connectivity index (χ0v) is 13.1. The highest BCUT2D eigenvalue weighted by Crippen LogP contribution is 2.26.